The van der Waals surface area contributed by atoms with E-state index in [0.29, 0.717) is 0 Å². The van der Waals surface area contributed by atoms with E-state index in [9.17, 15) is 16.9 Å². The number of hydrogen-bond acceptors (Lipinski definition) is 0. The Kier molecular flexibility index (Phi) is 2.99. The van der Waals surface area contributed by atoms with Crippen molar-refractivity contribution in [3.05, 3.63) is 36.4 Å². The monoisotopic (exact) mass is 313 g/mol. The van der Waals surface area contributed by atoms with Gasteiger partial charge < -0.3 is 0 Å². The van der Waals surface area contributed by atoms with E-state index in [0.717, 1.165) is 0 Å². The molecule has 0 aromatic heterocycles. The van der Waals surface area contributed by atoms with Crippen LogP contribution in [0.5, 0.6) is 0 Å². The Morgan fingerprint density at radius 3 is 0.615 bits per heavy atom. The molecule has 0 saturated heterocycles. The van der Waals surface area contributed by atoms with Crippen molar-refractivity contribution in [3.8, 4) is 0 Å². The third-order valence-electron chi connectivity index (χ3n) is 0.667. The largest absolute Gasteiger partial charge is 0.0623 e. The molecule has 0 N–H and O–H groups in total. The molecule has 0 atom stereocenters. The summed E-state index contributed by atoms with van der Waals surface area (Å²) in [6.45, 7) is 0. The molecule has 0 fully saturated rings. The second-order valence-electron chi connectivity index (χ2n) is 2.11. The zero-order valence-corrected chi connectivity index (χ0v) is 8.73. The first-order valence-electron chi connectivity index (χ1n) is 3.01. The molecule has 0 saturated carbocycles. The molecule has 0 bridgehead atoms. The first kappa shape index (κ1) is 12.6. The van der Waals surface area contributed by atoms with E-state index in [-0.39, 0.29) is 0 Å². The van der Waals surface area contributed by atoms with Gasteiger partial charge in [0.2, 0.25) is 0 Å². The van der Waals surface area contributed by atoms with Crippen molar-refractivity contribution in [1.29, 1.82) is 0 Å². The molecule has 0 aliphatic carbocycles. The fraction of sp³-hybridized carbons (Fsp3) is 0. The van der Waals surface area contributed by atoms with Gasteiger partial charge in [-0.15, -0.1) is 0 Å². The molecule has 0 amide bonds. The van der Waals surface area contributed by atoms with Gasteiger partial charge in [0.25, 0.3) is 0 Å². The molecule has 0 unspecified atom stereocenters. The standard InChI is InChI=1S/C6H6.6FH.Sb/c1-2-4-6-5-3-1;;;;;;;/h1-6H;6*1H;/q;;;;;;;+5/p-6. The number of halogens is 6. The molecular formula is C6H6F6Sb-. The number of rotatable bonds is 0. The van der Waals surface area contributed by atoms with Crippen LogP contribution in [0.3, 0.4) is 0 Å². The maximum absolute atomic E-state index is 11.2. The number of benzene rings is 1. The molecule has 7 heteroatoms. The van der Waals surface area contributed by atoms with Crippen LogP contribution in [0, 0.1) is 0 Å². The van der Waals surface area contributed by atoms with E-state index < -0.39 is 19.5 Å². The zero-order chi connectivity index (χ0) is 10.7. The van der Waals surface area contributed by atoms with Crippen LogP contribution in [0.2, 0.25) is 0 Å². The molecule has 0 spiro atoms. The van der Waals surface area contributed by atoms with Crippen LogP contribution in [-0.4, -0.2) is 19.5 Å². The topological polar surface area (TPSA) is 0 Å². The first-order chi connectivity index (χ1) is 5.45. The average molecular weight is 314 g/mol. The van der Waals surface area contributed by atoms with Gasteiger partial charge in [-0.25, -0.2) is 0 Å². The third-order valence-corrected chi connectivity index (χ3v) is 0.667. The van der Waals surface area contributed by atoms with Crippen molar-refractivity contribution in [3.63, 3.8) is 0 Å². The zero-order valence-electron chi connectivity index (χ0n) is 6.18. The summed E-state index contributed by atoms with van der Waals surface area (Å²) in [7, 11) is 0. The van der Waals surface area contributed by atoms with Crippen LogP contribution in [0.1, 0.15) is 0 Å². The van der Waals surface area contributed by atoms with Crippen molar-refractivity contribution in [2.24, 2.45) is 0 Å². The molecule has 1 aromatic carbocycles. The molecular weight excluding hydrogens is 308 g/mol. The van der Waals surface area contributed by atoms with Crippen molar-refractivity contribution >= 4 is 19.5 Å². The molecule has 0 aliphatic heterocycles. The van der Waals surface area contributed by atoms with E-state index in [2.05, 4.69) is 0 Å². The summed E-state index contributed by atoms with van der Waals surface area (Å²) in [4.78, 5) is 0. The summed E-state index contributed by atoms with van der Waals surface area (Å²) in [5.41, 5.74) is 0. The Labute approximate surface area is 73.1 Å². The van der Waals surface area contributed by atoms with Gasteiger partial charge >= 0.3 is 36.4 Å². The van der Waals surface area contributed by atoms with Crippen LogP contribution in [0.25, 0.3) is 0 Å². The first-order valence-corrected chi connectivity index (χ1v) is 8.80. The molecule has 0 aliphatic rings. The van der Waals surface area contributed by atoms with Gasteiger partial charge in [0.15, 0.2) is 0 Å². The SMILES string of the molecule is [F][Sb-]([F])([F])([F])([F])[F].c1ccccc1. The van der Waals surface area contributed by atoms with Gasteiger partial charge in [0, 0.05) is 0 Å². The van der Waals surface area contributed by atoms with E-state index in [4.69, 9.17) is 0 Å². The van der Waals surface area contributed by atoms with Crippen molar-refractivity contribution in [2.45, 2.75) is 0 Å². The average Bonchev–Trinajstić information content (AvgIpc) is 1.84. The van der Waals surface area contributed by atoms with Crippen molar-refractivity contribution in [2.75, 3.05) is 0 Å². The van der Waals surface area contributed by atoms with Gasteiger partial charge in [0.05, 0.1) is 0 Å². The number of hydrogen-bond donors (Lipinski definition) is 0. The van der Waals surface area contributed by atoms with Crippen LogP contribution < -0.4 is 0 Å². The summed E-state index contributed by atoms with van der Waals surface area (Å²) in [6, 6.07) is 12.0. The predicted octanol–water partition coefficient (Wildman–Crippen LogP) is 3.83. The van der Waals surface area contributed by atoms with Crippen molar-refractivity contribution < 1.29 is 16.9 Å². The van der Waals surface area contributed by atoms with E-state index in [1.54, 1.807) is 0 Å². The predicted molar refractivity (Wildman–Crippen MR) is 38.8 cm³/mol. The maximum Gasteiger partial charge on any atom is -0.0623 e. The Morgan fingerprint density at radius 2 is 0.538 bits per heavy atom. The van der Waals surface area contributed by atoms with Crippen LogP contribution in [0.4, 0.5) is 16.9 Å². The quantitative estimate of drug-likeness (QED) is 0.504. The van der Waals surface area contributed by atoms with Crippen molar-refractivity contribution in [1.82, 2.24) is 0 Å². The van der Waals surface area contributed by atoms with Gasteiger partial charge in [-0.05, 0) is 0 Å². The Balaban J connectivity index is 0.000000223. The fourth-order valence-electron chi connectivity index (χ4n) is 0.385. The minimum Gasteiger partial charge on any atom is -0.0623 e. The Bertz CT molecular complexity index is 209. The minimum absolute atomic E-state index is 2.00. The molecule has 78 valence electrons. The Morgan fingerprint density at radius 1 is 0.462 bits per heavy atom. The molecule has 0 heterocycles. The Hall–Kier alpha value is -0.382. The van der Waals surface area contributed by atoms with Gasteiger partial charge in [-0.1, -0.05) is 36.4 Å². The summed E-state index contributed by atoms with van der Waals surface area (Å²) in [6.07, 6.45) is 0. The molecule has 0 nitrogen and oxygen atoms in total. The van der Waals surface area contributed by atoms with E-state index >= 15 is 0 Å². The molecule has 0 radical (unpaired) electrons. The van der Waals surface area contributed by atoms with Crippen LogP contribution in [-0.2, 0) is 0 Å². The van der Waals surface area contributed by atoms with E-state index in [1.807, 2.05) is 36.4 Å². The molecule has 1 rings (SSSR count). The normalized spacial score (nSPS) is 16.2. The maximum atomic E-state index is 9.93. The van der Waals surface area contributed by atoms with Gasteiger partial charge in [0.1, 0.15) is 0 Å². The van der Waals surface area contributed by atoms with Crippen LogP contribution in [0.15, 0.2) is 36.4 Å². The summed E-state index contributed by atoms with van der Waals surface area (Å²) >= 11 is -11.2. The third kappa shape index (κ3) is 34.1. The molecule has 13 heavy (non-hydrogen) atoms. The summed E-state index contributed by atoms with van der Waals surface area (Å²) in [5, 5.41) is 0. The van der Waals surface area contributed by atoms with Gasteiger partial charge in [-0.2, -0.15) is 0 Å². The molecule has 1 aromatic rings. The van der Waals surface area contributed by atoms with Gasteiger partial charge in [-0.3, -0.25) is 0 Å². The van der Waals surface area contributed by atoms with E-state index in [1.165, 1.54) is 0 Å². The summed E-state index contributed by atoms with van der Waals surface area (Å²) < 4.78 is 59.6. The minimum atomic E-state index is -11.2. The fourth-order valence-corrected chi connectivity index (χ4v) is 0.385. The smallest absolute Gasteiger partial charge is 0.0623 e. The summed E-state index contributed by atoms with van der Waals surface area (Å²) in [5.74, 6) is 0. The second kappa shape index (κ2) is 3.08. The second-order valence-corrected chi connectivity index (χ2v) is 7.58. The van der Waals surface area contributed by atoms with Crippen LogP contribution >= 0.6 is 0 Å².